The van der Waals surface area contributed by atoms with Gasteiger partial charge >= 0.3 is 0 Å². The van der Waals surface area contributed by atoms with Crippen LogP contribution in [0.15, 0.2) is 76.7 Å². The number of carbonyl (C=O) groups is 1. The molecule has 2 aromatic carbocycles. The van der Waals surface area contributed by atoms with Crippen molar-refractivity contribution in [2.45, 2.75) is 5.16 Å². The molecule has 2 heterocycles. The van der Waals surface area contributed by atoms with E-state index in [9.17, 15) is 9.59 Å². The van der Waals surface area contributed by atoms with Crippen LogP contribution in [0, 0.1) is 0 Å². The summed E-state index contributed by atoms with van der Waals surface area (Å²) in [5, 5.41) is 3.69. The summed E-state index contributed by atoms with van der Waals surface area (Å²) in [7, 11) is 1.59. The molecule has 2 aromatic heterocycles. The Labute approximate surface area is 170 Å². The number of rotatable bonds is 5. The van der Waals surface area contributed by atoms with Crippen LogP contribution in [0.25, 0.3) is 26.3 Å². The number of para-hydroxylation sites is 1. The smallest absolute Gasteiger partial charge is 0.267 e. The van der Waals surface area contributed by atoms with Gasteiger partial charge in [-0.15, -0.1) is 11.3 Å². The lowest BCUT2D eigenvalue weighted by Gasteiger charge is -2.11. The second-order valence-electron chi connectivity index (χ2n) is 6.03. The number of amides is 1. The van der Waals surface area contributed by atoms with Gasteiger partial charge in [-0.05, 0) is 23.8 Å². The van der Waals surface area contributed by atoms with Crippen LogP contribution in [0.1, 0.15) is 0 Å². The molecule has 5 nitrogen and oxygen atoms in total. The van der Waals surface area contributed by atoms with E-state index in [4.69, 9.17) is 4.98 Å². The van der Waals surface area contributed by atoms with Crippen LogP contribution in [0.2, 0.25) is 0 Å². The van der Waals surface area contributed by atoms with Crippen molar-refractivity contribution in [1.29, 1.82) is 0 Å². The summed E-state index contributed by atoms with van der Waals surface area (Å²) in [6.07, 6.45) is 0. The first-order valence-electron chi connectivity index (χ1n) is 8.68. The lowest BCUT2D eigenvalue weighted by atomic mass is 10.2. The molecular weight excluding hydrogens is 390 g/mol. The molecule has 0 unspecified atom stereocenters. The minimum Gasteiger partial charge on any atom is -0.358 e. The maximum Gasteiger partial charge on any atom is 0.267 e. The van der Waals surface area contributed by atoms with Gasteiger partial charge in [-0.25, -0.2) is 4.98 Å². The van der Waals surface area contributed by atoms with Gasteiger partial charge in [-0.2, -0.15) is 0 Å². The zero-order valence-corrected chi connectivity index (χ0v) is 16.7. The molecule has 28 heavy (non-hydrogen) atoms. The summed E-state index contributed by atoms with van der Waals surface area (Å²) in [6, 6.07) is 21.2. The van der Waals surface area contributed by atoms with Crippen molar-refractivity contribution in [2.75, 3.05) is 12.8 Å². The van der Waals surface area contributed by atoms with E-state index in [1.165, 1.54) is 23.1 Å². The maximum atomic E-state index is 13.3. The third-order valence-electron chi connectivity index (χ3n) is 4.22. The number of hydrogen-bond donors (Lipinski definition) is 1. The Bertz CT molecular complexity index is 1180. The molecule has 4 aromatic rings. The van der Waals surface area contributed by atoms with Crippen LogP contribution in [0.4, 0.5) is 0 Å². The summed E-state index contributed by atoms with van der Waals surface area (Å²) in [5.41, 5.74) is 1.65. The Morgan fingerprint density at radius 3 is 2.46 bits per heavy atom. The third kappa shape index (κ3) is 3.58. The first-order valence-corrected chi connectivity index (χ1v) is 10.5. The quantitative estimate of drug-likeness (QED) is 0.402. The van der Waals surface area contributed by atoms with Crippen molar-refractivity contribution >= 4 is 39.2 Å². The molecule has 0 bridgehead atoms. The van der Waals surface area contributed by atoms with Crippen LogP contribution in [-0.4, -0.2) is 28.3 Å². The summed E-state index contributed by atoms with van der Waals surface area (Å²) >= 11 is 2.74. The molecule has 0 spiro atoms. The number of nitrogens with zero attached hydrogens (tertiary/aromatic N) is 2. The average molecular weight is 408 g/mol. The van der Waals surface area contributed by atoms with Gasteiger partial charge in [0, 0.05) is 11.9 Å². The topological polar surface area (TPSA) is 64.0 Å². The van der Waals surface area contributed by atoms with Crippen molar-refractivity contribution in [3.05, 3.63) is 77.1 Å². The third-order valence-corrected chi connectivity index (χ3v) is 6.23. The molecule has 0 saturated heterocycles. The largest absolute Gasteiger partial charge is 0.358 e. The summed E-state index contributed by atoms with van der Waals surface area (Å²) in [4.78, 5) is 31.4. The second-order valence-corrected chi connectivity index (χ2v) is 8.00. The molecular formula is C21H17N3O2S2. The fraction of sp³-hybridized carbons (Fsp3) is 0.0952. The predicted octanol–water partition coefficient (Wildman–Crippen LogP) is 3.95. The Balaban J connectivity index is 1.89. The lowest BCUT2D eigenvalue weighted by Crippen LogP contribution is -2.23. The molecule has 0 aliphatic carbocycles. The SMILES string of the molecule is CNC(=O)CSc1nc2sc(-c3ccccc3)cc2c(=O)n1-c1ccccc1. The summed E-state index contributed by atoms with van der Waals surface area (Å²) < 4.78 is 1.58. The van der Waals surface area contributed by atoms with E-state index in [2.05, 4.69) is 5.32 Å². The molecule has 1 amide bonds. The molecule has 140 valence electrons. The predicted molar refractivity (Wildman–Crippen MR) is 115 cm³/mol. The number of thiophene rings is 1. The highest BCUT2D eigenvalue weighted by Crippen LogP contribution is 2.32. The molecule has 0 fully saturated rings. The number of aromatic nitrogens is 2. The highest BCUT2D eigenvalue weighted by atomic mass is 32.2. The van der Waals surface area contributed by atoms with Crippen molar-refractivity contribution in [2.24, 2.45) is 0 Å². The van der Waals surface area contributed by atoms with Crippen molar-refractivity contribution < 1.29 is 4.79 Å². The van der Waals surface area contributed by atoms with Gasteiger partial charge in [0.15, 0.2) is 5.16 Å². The number of hydrogen-bond acceptors (Lipinski definition) is 5. The standard InChI is InChI=1S/C21H17N3O2S2/c1-22-18(25)13-27-21-23-19-16(12-17(28-19)14-8-4-2-5-9-14)20(26)24(21)15-10-6-3-7-11-15/h2-12H,13H2,1H3,(H,22,25). The molecule has 0 saturated carbocycles. The Hall–Kier alpha value is -2.90. The Kier molecular flexibility index (Phi) is 5.27. The fourth-order valence-electron chi connectivity index (χ4n) is 2.81. The van der Waals surface area contributed by atoms with E-state index >= 15 is 0 Å². The van der Waals surface area contributed by atoms with Crippen molar-refractivity contribution in [1.82, 2.24) is 14.9 Å². The van der Waals surface area contributed by atoms with Crippen molar-refractivity contribution in [3.8, 4) is 16.1 Å². The molecule has 0 atom stereocenters. The second kappa shape index (κ2) is 8.00. The minimum absolute atomic E-state index is 0.116. The minimum atomic E-state index is -0.131. The Morgan fingerprint density at radius 2 is 1.79 bits per heavy atom. The molecule has 0 radical (unpaired) electrons. The summed E-state index contributed by atoms with van der Waals surface area (Å²) in [5.74, 6) is 0.0770. The average Bonchev–Trinajstić information content (AvgIpc) is 3.18. The van der Waals surface area contributed by atoms with Gasteiger partial charge in [0.25, 0.3) is 5.56 Å². The van der Waals surface area contributed by atoms with E-state index in [-0.39, 0.29) is 17.2 Å². The van der Waals surface area contributed by atoms with Gasteiger partial charge in [-0.1, -0.05) is 60.3 Å². The normalized spacial score (nSPS) is 10.9. The molecule has 0 aliphatic heterocycles. The van der Waals surface area contributed by atoms with E-state index in [1.54, 1.807) is 11.6 Å². The number of carbonyl (C=O) groups excluding carboxylic acids is 1. The van der Waals surface area contributed by atoms with Crippen molar-refractivity contribution in [3.63, 3.8) is 0 Å². The van der Waals surface area contributed by atoms with Gasteiger partial charge < -0.3 is 5.32 Å². The van der Waals surface area contributed by atoms with Gasteiger partial charge in [0.1, 0.15) is 4.83 Å². The van der Waals surface area contributed by atoms with Crippen LogP contribution in [0.3, 0.4) is 0 Å². The fourth-order valence-corrected chi connectivity index (χ4v) is 4.77. The van der Waals surface area contributed by atoms with Gasteiger partial charge in [-0.3, -0.25) is 14.2 Å². The number of thioether (sulfide) groups is 1. The molecule has 4 rings (SSSR count). The first kappa shape index (κ1) is 18.5. The monoisotopic (exact) mass is 407 g/mol. The number of nitrogens with one attached hydrogen (secondary N) is 1. The van der Waals surface area contributed by atoms with Crippen LogP contribution in [-0.2, 0) is 4.79 Å². The zero-order chi connectivity index (χ0) is 19.5. The number of benzene rings is 2. The van der Waals surface area contributed by atoms with E-state index < -0.39 is 0 Å². The molecule has 7 heteroatoms. The van der Waals surface area contributed by atoms with Crippen LogP contribution < -0.4 is 10.9 Å². The highest BCUT2D eigenvalue weighted by Gasteiger charge is 2.17. The maximum absolute atomic E-state index is 13.3. The van der Waals surface area contributed by atoms with Gasteiger partial charge in [0.2, 0.25) is 5.91 Å². The Morgan fingerprint density at radius 1 is 1.11 bits per heavy atom. The van der Waals surface area contributed by atoms with Crippen LogP contribution >= 0.6 is 23.1 Å². The lowest BCUT2D eigenvalue weighted by molar-refractivity contribution is -0.118. The van der Waals surface area contributed by atoms with E-state index in [0.717, 1.165) is 16.1 Å². The van der Waals surface area contributed by atoms with Crippen LogP contribution in [0.5, 0.6) is 0 Å². The first-order chi connectivity index (χ1) is 13.7. The van der Waals surface area contributed by atoms with E-state index in [1.807, 2.05) is 66.7 Å². The molecule has 1 N–H and O–H groups in total. The highest BCUT2D eigenvalue weighted by molar-refractivity contribution is 7.99. The number of fused-ring (bicyclic) bond motifs is 1. The van der Waals surface area contributed by atoms with Gasteiger partial charge in [0.05, 0.1) is 16.8 Å². The zero-order valence-electron chi connectivity index (χ0n) is 15.1. The molecule has 0 aliphatic rings. The summed E-state index contributed by atoms with van der Waals surface area (Å²) in [6.45, 7) is 0. The van der Waals surface area contributed by atoms with E-state index in [0.29, 0.717) is 15.4 Å².